The van der Waals surface area contributed by atoms with Crippen molar-refractivity contribution in [2.45, 2.75) is 25.4 Å². The van der Waals surface area contributed by atoms with Crippen LogP contribution in [0.15, 0.2) is 16.8 Å². The molecule has 0 unspecified atom stereocenters. The van der Waals surface area contributed by atoms with Gasteiger partial charge in [0, 0.05) is 25.8 Å². The molecule has 0 spiro atoms. The summed E-state index contributed by atoms with van der Waals surface area (Å²) in [6.07, 6.45) is 1.85. The van der Waals surface area contributed by atoms with Gasteiger partial charge in [0.15, 0.2) is 0 Å². The van der Waals surface area contributed by atoms with Crippen LogP contribution < -0.4 is 10.6 Å². The molecule has 1 saturated heterocycles. The van der Waals surface area contributed by atoms with E-state index in [1.54, 1.807) is 11.3 Å². The van der Waals surface area contributed by atoms with Gasteiger partial charge >= 0.3 is 0 Å². The van der Waals surface area contributed by atoms with E-state index in [4.69, 9.17) is 4.74 Å². The van der Waals surface area contributed by atoms with Gasteiger partial charge in [-0.1, -0.05) is 0 Å². The molecule has 94 valence electrons. The lowest BCUT2D eigenvalue weighted by Crippen LogP contribution is -2.42. The Labute approximate surface area is 105 Å². The standard InChI is InChI=1S/C12H18N2O2S/c15-12(14-11-1-4-16-5-2-11)8-13-7-10-3-6-17-9-10/h3,6,9,11,13H,1-2,4-5,7-8H2,(H,14,15). The normalized spacial score (nSPS) is 16.9. The lowest BCUT2D eigenvalue weighted by molar-refractivity contribution is -0.121. The van der Waals surface area contributed by atoms with Crippen LogP contribution in [0.1, 0.15) is 18.4 Å². The van der Waals surface area contributed by atoms with E-state index in [2.05, 4.69) is 22.1 Å². The first-order valence-corrected chi connectivity index (χ1v) is 6.88. The lowest BCUT2D eigenvalue weighted by atomic mass is 10.1. The molecule has 0 aromatic carbocycles. The van der Waals surface area contributed by atoms with Crippen molar-refractivity contribution >= 4 is 17.2 Å². The number of carbonyl (C=O) groups is 1. The molecule has 1 aromatic rings. The molecule has 1 aromatic heterocycles. The Morgan fingerprint density at radius 1 is 1.47 bits per heavy atom. The topological polar surface area (TPSA) is 50.4 Å². The summed E-state index contributed by atoms with van der Waals surface area (Å²) in [5.74, 6) is 0.0760. The fourth-order valence-electron chi connectivity index (χ4n) is 1.83. The second-order valence-electron chi connectivity index (χ2n) is 4.19. The predicted molar refractivity (Wildman–Crippen MR) is 68.0 cm³/mol. The first-order chi connectivity index (χ1) is 8.34. The minimum atomic E-state index is 0.0760. The van der Waals surface area contributed by atoms with Crippen molar-refractivity contribution in [1.82, 2.24) is 10.6 Å². The zero-order valence-electron chi connectivity index (χ0n) is 9.78. The molecule has 0 bridgehead atoms. The smallest absolute Gasteiger partial charge is 0.234 e. The van der Waals surface area contributed by atoms with Crippen LogP contribution in [0.3, 0.4) is 0 Å². The highest BCUT2D eigenvalue weighted by Crippen LogP contribution is 2.06. The molecule has 5 heteroatoms. The molecule has 2 rings (SSSR count). The second-order valence-corrected chi connectivity index (χ2v) is 4.97. The van der Waals surface area contributed by atoms with E-state index in [0.717, 1.165) is 32.6 Å². The van der Waals surface area contributed by atoms with Gasteiger partial charge in [-0.2, -0.15) is 11.3 Å². The molecule has 0 radical (unpaired) electrons. The van der Waals surface area contributed by atoms with Gasteiger partial charge in [-0.25, -0.2) is 0 Å². The number of rotatable bonds is 5. The van der Waals surface area contributed by atoms with Crippen molar-refractivity contribution in [3.8, 4) is 0 Å². The fraction of sp³-hybridized carbons (Fsp3) is 0.583. The number of amides is 1. The number of hydrogen-bond donors (Lipinski definition) is 2. The van der Waals surface area contributed by atoms with Crippen LogP contribution in [-0.2, 0) is 16.1 Å². The quantitative estimate of drug-likeness (QED) is 0.828. The second kappa shape index (κ2) is 6.74. The van der Waals surface area contributed by atoms with Crippen LogP contribution in [0.25, 0.3) is 0 Å². The maximum atomic E-state index is 11.6. The van der Waals surface area contributed by atoms with E-state index < -0.39 is 0 Å². The van der Waals surface area contributed by atoms with Gasteiger partial charge in [0.05, 0.1) is 6.54 Å². The molecule has 1 fully saturated rings. The monoisotopic (exact) mass is 254 g/mol. The van der Waals surface area contributed by atoms with Crippen LogP contribution in [-0.4, -0.2) is 31.7 Å². The molecule has 1 aliphatic rings. The molecule has 0 saturated carbocycles. The highest BCUT2D eigenvalue weighted by molar-refractivity contribution is 7.07. The maximum absolute atomic E-state index is 11.6. The molecular weight excluding hydrogens is 236 g/mol. The summed E-state index contributed by atoms with van der Waals surface area (Å²) in [6.45, 7) is 2.65. The summed E-state index contributed by atoms with van der Waals surface area (Å²) < 4.78 is 5.25. The first kappa shape index (κ1) is 12.5. The van der Waals surface area contributed by atoms with E-state index in [1.807, 2.05) is 5.38 Å². The molecule has 17 heavy (non-hydrogen) atoms. The minimum Gasteiger partial charge on any atom is -0.381 e. The predicted octanol–water partition coefficient (Wildman–Crippen LogP) is 1.13. The number of nitrogens with one attached hydrogen (secondary N) is 2. The SMILES string of the molecule is O=C(CNCc1ccsc1)NC1CCOCC1. The number of carbonyl (C=O) groups excluding carboxylic acids is 1. The van der Waals surface area contributed by atoms with Crippen LogP contribution >= 0.6 is 11.3 Å². The Bertz CT molecular complexity index is 334. The van der Waals surface area contributed by atoms with Gasteiger partial charge in [-0.3, -0.25) is 4.79 Å². The van der Waals surface area contributed by atoms with Crippen LogP contribution in [0.5, 0.6) is 0 Å². The van der Waals surface area contributed by atoms with Crippen molar-refractivity contribution in [3.05, 3.63) is 22.4 Å². The summed E-state index contributed by atoms with van der Waals surface area (Å²) in [6, 6.07) is 2.35. The average molecular weight is 254 g/mol. The van der Waals surface area contributed by atoms with Crippen molar-refractivity contribution < 1.29 is 9.53 Å². The van der Waals surface area contributed by atoms with E-state index in [9.17, 15) is 4.79 Å². The fourth-order valence-corrected chi connectivity index (χ4v) is 2.50. The molecule has 2 N–H and O–H groups in total. The highest BCUT2D eigenvalue weighted by atomic mass is 32.1. The summed E-state index contributed by atoms with van der Waals surface area (Å²) >= 11 is 1.67. The van der Waals surface area contributed by atoms with Crippen molar-refractivity contribution in [2.75, 3.05) is 19.8 Å². The number of thiophene rings is 1. The zero-order chi connectivity index (χ0) is 11.9. The third kappa shape index (κ3) is 4.46. The average Bonchev–Trinajstić information content (AvgIpc) is 2.83. The van der Waals surface area contributed by atoms with Crippen molar-refractivity contribution in [2.24, 2.45) is 0 Å². The van der Waals surface area contributed by atoms with Crippen molar-refractivity contribution in [1.29, 1.82) is 0 Å². The molecular formula is C12H18N2O2S. The van der Waals surface area contributed by atoms with E-state index >= 15 is 0 Å². The van der Waals surface area contributed by atoms with E-state index in [-0.39, 0.29) is 5.91 Å². The summed E-state index contributed by atoms with van der Waals surface area (Å²) in [5, 5.41) is 10.3. The maximum Gasteiger partial charge on any atom is 0.234 e. The van der Waals surface area contributed by atoms with Crippen LogP contribution in [0.4, 0.5) is 0 Å². The number of ether oxygens (including phenoxy) is 1. The Morgan fingerprint density at radius 3 is 3.00 bits per heavy atom. The zero-order valence-corrected chi connectivity index (χ0v) is 10.6. The van der Waals surface area contributed by atoms with Crippen molar-refractivity contribution in [3.63, 3.8) is 0 Å². The summed E-state index contributed by atoms with van der Waals surface area (Å²) in [4.78, 5) is 11.6. The van der Waals surface area contributed by atoms with E-state index in [1.165, 1.54) is 5.56 Å². The minimum absolute atomic E-state index is 0.0760. The summed E-state index contributed by atoms with van der Waals surface area (Å²) in [7, 11) is 0. The Kier molecular flexibility index (Phi) is 4.97. The van der Waals surface area contributed by atoms with Crippen LogP contribution in [0, 0.1) is 0 Å². The first-order valence-electron chi connectivity index (χ1n) is 5.93. The van der Waals surface area contributed by atoms with Gasteiger partial charge < -0.3 is 15.4 Å². The van der Waals surface area contributed by atoms with Gasteiger partial charge in [-0.15, -0.1) is 0 Å². The third-order valence-electron chi connectivity index (χ3n) is 2.78. The Morgan fingerprint density at radius 2 is 2.29 bits per heavy atom. The highest BCUT2D eigenvalue weighted by Gasteiger charge is 2.15. The van der Waals surface area contributed by atoms with Gasteiger partial charge in [0.25, 0.3) is 0 Å². The van der Waals surface area contributed by atoms with E-state index in [0.29, 0.717) is 12.6 Å². The number of hydrogen-bond acceptors (Lipinski definition) is 4. The van der Waals surface area contributed by atoms with Gasteiger partial charge in [-0.05, 0) is 35.2 Å². The molecule has 0 aliphatic carbocycles. The lowest BCUT2D eigenvalue weighted by Gasteiger charge is -2.23. The molecule has 1 amide bonds. The van der Waals surface area contributed by atoms with Crippen LogP contribution in [0.2, 0.25) is 0 Å². The molecule has 2 heterocycles. The Balaban J connectivity index is 1.60. The third-order valence-corrected chi connectivity index (χ3v) is 3.51. The van der Waals surface area contributed by atoms with Gasteiger partial charge in [0.1, 0.15) is 0 Å². The molecule has 0 atom stereocenters. The summed E-state index contributed by atoms with van der Waals surface area (Å²) in [5.41, 5.74) is 1.23. The Hall–Kier alpha value is -0.910. The molecule has 1 aliphatic heterocycles. The van der Waals surface area contributed by atoms with Gasteiger partial charge in [0.2, 0.25) is 5.91 Å². The molecule has 4 nitrogen and oxygen atoms in total. The largest absolute Gasteiger partial charge is 0.381 e.